The lowest BCUT2D eigenvalue weighted by molar-refractivity contribution is -0.114. The second-order valence-electron chi connectivity index (χ2n) is 3.63. The molecule has 0 radical (unpaired) electrons. The first-order chi connectivity index (χ1) is 10.4. The summed E-state index contributed by atoms with van der Waals surface area (Å²) in [5, 5.41) is 17.3. The van der Waals surface area contributed by atoms with Gasteiger partial charge in [0.25, 0.3) is 14.4 Å². The summed E-state index contributed by atoms with van der Waals surface area (Å²) in [6.45, 7) is 4.87. The van der Waals surface area contributed by atoms with Crippen molar-refractivity contribution >= 4 is 60.6 Å². The molecule has 13 heteroatoms. The Kier molecular flexibility index (Phi) is 5.44. The lowest BCUT2D eigenvalue weighted by Crippen LogP contribution is -2.12. The quantitative estimate of drug-likeness (QED) is 0.421. The van der Waals surface area contributed by atoms with Gasteiger partial charge in [-0.3, -0.25) is 9.52 Å². The lowest BCUT2D eigenvalue weighted by atomic mass is 10.7. The topological polar surface area (TPSA) is 127 Å². The minimum Gasteiger partial charge on any atom is -0.301 e. The van der Waals surface area contributed by atoms with Gasteiger partial charge in [-0.1, -0.05) is 40.5 Å². The Morgan fingerprint density at radius 3 is 2.68 bits per heavy atom. The number of carbonyl (C=O) groups excluding carboxylic acids is 1. The van der Waals surface area contributed by atoms with Gasteiger partial charge < -0.3 is 5.32 Å². The number of sulfonamides is 1. The van der Waals surface area contributed by atoms with E-state index < -0.39 is 10.0 Å². The van der Waals surface area contributed by atoms with E-state index in [2.05, 4.69) is 37.0 Å². The second-order valence-corrected chi connectivity index (χ2v) is 8.71. The van der Waals surface area contributed by atoms with Crippen LogP contribution in [0.4, 0.5) is 10.3 Å². The minimum absolute atomic E-state index is 0.104. The van der Waals surface area contributed by atoms with E-state index in [1.807, 2.05) is 0 Å². The summed E-state index contributed by atoms with van der Waals surface area (Å²) in [4.78, 5) is 10.9. The summed E-state index contributed by atoms with van der Waals surface area (Å²) in [7, 11) is -3.91. The molecule has 22 heavy (non-hydrogen) atoms. The molecule has 2 aromatic rings. The Morgan fingerprint density at radius 2 is 2.00 bits per heavy atom. The van der Waals surface area contributed by atoms with Crippen LogP contribution >= 0.6 is 34.4 Å². The summed E-state index contributed by atoms with van der Waals surface area (Å²) < 4.78 is 26.9. The molecule has 0 spiro atoms. The van der Waals surface area contributed by atoms with Gasteiger partial charge in [0.1, 0.15) is 0 Å². The highest BCUT2D eigenvalue weighted by Gasteiger charge is 2.22. The van der Waals surface area contributed by atoms with Crippen molar-refractivity contribution in [3.05, 3.63) is 12.7 Å². The van der Waals surface area contributed by atoms with Crippen LogP contribution in [0.1, 0.15) is 6.92 Å². The molecule has 0 saturated carbocycles. The highest BCUT2D eigenvalue weighted by molar-refractivity contribution is 8.01. The summed E-state index contributed by atoms with van der Waals surface area (Å²) in [6, 6.07) is 0. The fourth-order valence-corrected chi connectivity index (χ4v) is 4.81. The second kappa shape index (κ2) is 7.13. The molecule has 2 rings (SSSR count). The minimum atomic E-state index is -3.91. The van der Waals surface area contributed by atoms with Gasteiger partial charge >= 0.3 is 0 Å². The van der Waals surface area contributed by atoms with Crippen LogP contribution in [0.25, 0.3) is 0 Å². The first-order valence-corrected chi connectivity index (χ1v) is 9.72. The summed E-state index contributed by atoms with van der Waals surface area (Å²) in [6.07, 6.45) is 1.71. The van der Waals surface area contributed by atoms with E-state index >= 15 is 0 Å². The average molecular weight is 378 g/mol. The fraction of sp³-hybridized carbons (Fsp3) is 0.222. The highest BCUT2D eigenvalue weighted by Crippen LogP contribution is 2.28. The van der Waals surface area contributed by atoms with E-state index in [0.717, 1.165) is 22.7 Å². The summed E-state index contributed by atoms with van der Waals surface area (Å²) >= 11 is 3.24. The summed E-state index contributed by atoms with van der Waals surface area (Å²) in [5.41, 5.74) is 0. The van der Waals surface area contributed by atoms with E-state index in [-0.39, 0.29) is 20.5 Å². The molecule has 0 unspecified atom stereocenters. The van der Waals surface area contributed by atoms with Crippen LogP contribution in [0.15, 0.2) is 21.3 Å². The van der Waals surface area contributed by atoms with Gasteiger partial charge in [-0.05, 0) is 0 Å². The Morgan fingerprint density at radius 1 is 1.27 bits per heavy atom. The van der Waals surface area contributed by atoms with Crippen LogP contribution in [-0.4, -0.2) is 40.5 Å². The van der Waals surface area contributed by atoms with Crippen LogP contribution in [0.5, 0.6) is 0 Å². The zero-order valence-electron chi connectivity index (χ0n) is 11.1. The Hall–Kier alpha value is -1.57. The van der Waals surface area contributed by atoms with Crippen molar-refractivity contribution in [1.29, 1.82) is 0 Å². The number of hydrogen-bond acceptors (Lipinski definition) is 10. The monoisotopic (exact) mass is 378 g/mol. The normalized spacial score (nSPS) is 11.1. The maximum atomic E-state index is 12.1. The molecule has 2 N–H and O–H groups in total. The highest BCUT2D eigenvalue weighted by atomic mass is 32.2. The molecule has 118 valence electrons. The van der Waals surface area contributed by atoms with Gasteiger partial charge in [0.05, 0.1) is 0 Å². The molecule has 2 aromatic heterocycles. The molecule has 0 aliphatic heterocycles. The molecule has 1 amide bonds. The zero-order valence-corrected chi connectivity index (χ0v) is 14.4. The maximum Gasteiger partial charge on any atom is 0.293 e. The van der Waals surface area contributed by atoms with E-state index in [9.17, 15) is 13.2 Å². The molecular formula is C9H10N6O3S4. The van der Waals surface area contributed by atoms with Gasteiger partial charge in [-0.25, -0.2) is 0 Å². The van der Waals surface area contributed by atoms with E-state index in [1.54, 1.807) is 6.08 Å². The van der Waals surface area contributed by atoms with Gasteiger partial charge in [0.15, 0.2) is 4.34 Å². The Bertz CT molecular complexity index is 783. The van der Waals surface area contributed by atoms with Crippen LogP contribution in [-0.2, 0) is 14.8 Å². The largest absolute Gasteiger partial charge is 0.301 e. The van der Waals surface area contributed by atoms with E-state index in [0.29, 0.717) is 10.1 Å². The molecule has 0 fully saturated rings. The number of nitrogens with one attached hydrogen (secondary N) is 2. The average Bonchev–Trinajstić information content (AvgIpc) is 3.05. The lowest BCUT2D eigenvalue weighted by Gasteiger charge is -1.98. The van der Waals surface area contributed by atoms with Gasteiger partial charge in [0, 0.05) is 12.7 Å². The third-order valence-electron chi connectivity index (χ3n) is 1.87. The van der Waals surface area contributed by atoms with Crippen LogP contribution in [0.2, 0.25) is 0 Å². The van der Waals surface area contributed by atoms with Gasteiger partial charge in [-0.2, -0.15) is 8.42 Å². The number of rotatable bonds is 7. The standard InChI is InChI=1S/C9H10N6O3S4/c1-3-4-19-8-13-12-7(20-8)15-22(17,18)9-14-11-6(21-9)10-5(2)16/h3H,1,4H2,2H3,(H,12,15)(H,10,11,16). The van der Waals surface area contributed by atoms with Crippen LogP contribution < -0.4 is 10.0 Å². The van der Waals surface area contributed by atoms with Crippen molar-refractivity contribution in [3.63, 3.8) is 0 Å². The predicted molar refractivity (Wildman–Crippen MR) is 85.9 cm³/mol. The van der Waals surface area contributed by atoms with Crippen molar-refractivity contribution in [2.75, 3.05) is 15.8 Å². The molecule has 0 saturated heterocycles. The molecular weight excluding hydrogens is 368 g/mol. The number of hydrogen-bond donors (Lipinski definition) is 2. The zero-order chi connectivity index (χ0) is 16.2. The van der Waals surface area contributed by atoms with Crippen molar-refractivity contribution < 1.29 is 13.2 Å². The molecule has 9 nitrogen and oxygen atoms in total. The molecule has 2 heterocycles. The number of nitrogens with zero attached hydrogens (tertiary/aromatic N) is 4. The maximum absolute atomic E-state index is 12.1. The van der Waals surface area contributed by atoms with Crippen molar-refractivity contribution in [2.24, 2.45) is 0 Å². The number of carbonyl (C=O) groups is 1. The molecule has 0 aliphatic carbocycles. The van der Waals surface area contributed by atoms with E-state index in [4.69, 9.17) is 0 Å². The molecule has 0 atom stereocenters. The first kappa shape index (κ1) is 16.8. The predicted octanol–water partition coefficient (Wildman–Crippen LogP) is 1.43. The van der Waals surface area contributed by atoms with Gasteiger partial charge in [0.2, 0.25) is 16.2 Å². The van der Waals surface area contributed by atoms with Gasteiger partial charge in [-0.15, -0.1) is 27.0 Å². The first-order valence-electron chi connectivity index (χ1n) is 5.62. The molecule has 0 bridgehead atoms. The third kappa shape index (κ3) is 4.46. The number of anilines is 2. The van der Waals surface area contributed by atoms with E-state index in [1.165, 1.54) is 18.7 Å². The summed E-state index contributed by atoms with van der Waals surface area (Å²) in [5.74, 6) is 0.291. The van der Waals surface area contributed by atoms with Crippen molar-refractivity contribution in [2.45, 2.75) is 15.6 Å². The smallest absolute Gasteiger partial charge is 0.293 e. The number of aromatic nitrogens is 4. The number of thioether (sulfide) groups is 1. The SMILES string of the molecule is C=CCSc1nnc(NS(=O)(=O)c2nnc(NC(C)=O)s2)s1. The van der Waals surface area contributed by atoms with Crippen LogP contribution in [0.3, 0.4) is 0 Å². The molecule has 0 aliphatic rings. The Labute approximate surface area is 138 Å². The molecule has 0 aromatic carbocycles. The van der Waals surface area contributed by atoms with Crippen molar-refractivity contribution in [3.8, 4) is 0 Å². The van der Waals surface area contributed by atoms with Crippen LogP contribution in [0, 0.1) is 0 Å². The fourth-order valence-electron chi connectivity index (χ4n) is 1.12. The Balaban J connectivity index is 2.10. The number of amides is 1. The van der Waals surface area contributed by atoms with Crippen molar-refractivity contribution in [1.82, 2.24) is 20.4 Å². The third-order valence-corrected chi connectivity index (χ3v) is 6.51.